The molecule has 2 rings (SSSR count). The highest BCUT2D eigenvalue weighted by atomic mass is 79.9. The van der Waals surface area contributed by atoms with Crippen LogP contribution < -0.4 is 10.5 Å². The Bertz CT molecular complexity index is 602. The smallest absolute Gasteiger partial charge is 0.406 e. The predicted molar refractivity (Wildman–Crippen MR) is 75.7 cm³/mol. The Morgan fingerprint density at radius 1 is 1.19 bits per heavy atom. The SMILES string of the molecule is NC(Cc1cncc(Br)c1)c1ccc(OC(F)(F)F)cc1. The zero-order valence-electron chi connectivity index (χ0n) is 10.8. The van der Waals surface area contributed by atoms with Gasteiger partial charge in [-0.15, -0.1) is 13.2 Å². The van der Waals surface area contributed by atoms with Crippen LogP contribution in [0.15, 0.2) is 47.2 Å². The Hall–Kier alpha value is -1.60. The van der Waals surface area contributed by atoms with E-state index >= 15 is 0 Å². The van der Waals surface area contributed by atoms with Gasteiger partial charge < -0.3 is 10.5 Å². The molecule has 0 radical (unpaired) electrons. The third kappa shape index (κ3) is 5.02. The molecule has 0 aliphatic rings. The van der Waals surface area contributed by atoms with E-state index in [1.165, 1.54) is 24.3 Å². The summed E-state index contributed by atoms with van der Waals surface area (Å²) >= 11 is 3.32. The fraction of sp³-hybridized carbons (Fsp3) is 0.214. The van der Waals surface area contributed by atoms with Crippen LogP contribution in [0.3, 0.4) is 0 Å². The van der Waals surface area contributed by atoms with Gasteiger partial charge in [-0.1, -0.05) is 12.1 Å². The molecular formula is C14H12BrF3N2O. The van der Waals surface area contributed by atoms with Crippen LogP contribution in [-0.2, 0) is 6.42 Å². The van der Waals surface area contributed by atoms with E-state index in [1.54, 1.807) is 12.4 Å². The Balaban J connectivity index is 2.04. The zero-order valence-corrected chi connectivity index (χ0v) is 12.4. The van der Waals surface area contributed by atoms with Crippen LogP contribution in [0.2, 0.25) is 0 Å². The molecule has 2 aromatic rings. The van der Waals surface area contributed by atoms with E-state index in [9.17, 15) is 13.2 Å². The van der Waals surface area contributed by atoms with E-state index in [4.69, 9.17) is 5.73 Å². The number of nitrogens with two attached hydrogens (primary N) is 1. The Morgan fingerprint density at radius 2 is 1.86 bits per heavy atom. The molecule has 7 heteroatoms. The molecule has 0 spiro atoms. The molecule has 1 aromatic carbocycles. The van der Waals surface area contributed by atoms with Crippen molar-refractivity contribution < 1.29 is 17.9 Å². The molecule has 0 bridgehead atoms. The first-order valence-electron chi connectivity index (χ1n) is 6.04. The first-order chi connectivity index (χ1) is 9.83. The predicted octanol–water partition coefficient (Wildman–Crippen LogP) is 3.99. The lowest BCUT2D eigenvalue weighted by molar-refractivity contribution is -0.274. The molecule has 3 nitrogen and oxygen atoms in total. The maximum atomic E-state index is 12.1. The molecule has 1 aromatic heterocycles. The van der Waals surface area contributed by atoms with E-state index in [-0.39, 0.29) is 11.8 Å². The van der Waals surface area contributed by atoms with Crippen LogP contribution >= 0.6 is 15.9 Å². The molecule has 0 amide bonds. The van der Waals surface area contributed by atoms with Crippen molar-refractivity contribution in [2.45, 2.75) is 18.8 Å². The molecule has 1 heterocycles. The highest BCUT2D eigenvalue weighted by Gasteiger charge is 2.31. The number of benzene rings is 1. The average molecular weight is 361 g/mol. The van der Waals surface area contributed by atoms with Crippen molar-refractivity contribution in [3.63, 3.8) is 0 Å². The van der Waals surface area contributed by atoms with Gasteiger partial charge in [0, 0.05) is 22.9 Å². The number of hydrogen-bond donors (Lipinski definition) is 1. The van der Waals surface area contributed by atoms with Crippen molar-refractivity contribution in [3.8, 4) is 5.75 Å². The first kappa shape index (κ1) is 15.8. The van der Waals surface area contributed by atoms with Gasteiger partial charge in [0.1, 0.15) is 5.75 Å². The van der Waals surface area contributed by atoms with Crippen LogP contribution in [0.5, 0.6) is 5.75 Å². The van der Waals surface area contributed by atoms with E-state index in [2.05, 4.69) is 25.7 Å². The van der Waals surface area contributed by atoms with Crippen molar-refractivity contribution in [1.82, 2.24) is 4.98 Å². The van der Waals surface area contributed by atoms with E-state index in [0.717, 1.165) is 15.6 Å². The second kappa shape index (κ2) is 6.44. The zero-order chi connectivity index (χ0) is 15.5. The normalized spacial score (nSPS) is 13.0. The van der Waals surface area contributed by atoms with Crippen molar-refractivity contribution in [1.29, 1.82) is 0 Å². The lowest BCUT2D eigenvalue weighted by Gasteiger charge is -2.14. The quantitative estimate of drug-likeness (QED) is 0.896. The van der Waals surface area contributed by atoms with Crippen molar-refractivity contribution in [3.05, 3.63) is 58.3 Å². The Kier molecular flexibility index (Phi) is 4.84. The van der Waals surface area contributed by atoms with Crippen molar-refractivity contribution in [2.75, 3.05) is 0 Å². The molecular weight excluding hydrogens is 349 g/mol. The van der Waals surface area contributed by atoms with Gasteiger partial charge in [0.25, 0.3) is 0 Å². The highest BCUT2D eigenvalue weighted by Crippen LogP contribution is 2.25. The topological polar surface area (TPSA) is 48.1 Å². The van der Waals surface area contributed by atoms with E-state index in [0.29, 0.717) is 6.42 Å². The molecule has 0 saturated carbocycles. The number of ether oxygens (including phenoxy) is 1. The lowest BCUT2D eigenvalue weighted by atomic mass is 10.0. The fourth-order valence-electron chi connectivity index (χ4n) is 1.86. The van der Waals surface area contributed by atoms with Gasteiger partial charge in [-0.2, -0.15) is 0 Å². The monoisotopic (exact) mass is 360 g/mol. The lowest BCUT2D eigenvalue weighted by Crippen LogP contribution is -2.17. The molecule has 1 unspecified atom stereocenters. The van der Waals surface area contributed by atoms with Gasteiger partial charge >= 0.3 is 6.36 Å². The number of pyridine rings is 1. The molecule has 112 valence electrons. The average Bonchev–Trinajstić information content (AvgIpc) is 2.37. The van der Waals surface area contributed by atoms with Crippen LogP contribution in [0.4, 0.5) is 13.2 Å². The van der Waals surface area contributed by atoms with Gasteiger partial charge in [0.15, 0.2) is 0 Å². The number of halogens is 4. The molecule has 21 heavy (non-hydrogen) atoms. The minimum absolute atomic E-state index is 0.262. The second-order valence-electron chi connectivity index (χ2n) is 4.44. The molecule has 0 fully saturated rings. The summed E-state index contributed by atoms with van der Waals surface area (Å²) < 4.78 is 40.9. The molecule has 0 saturated heterocycles. The number of hydrogen-bond acceptors (Lipinski definition) is 3. The molecule has 0 aliphatic carbocycles. The molecule has 0 aliphatic heterocycles. The van der Waals surface area contributed by atoms with Gasteiger partial charge in [0.2, 0.25) is 0 Å². The summed E-state index contributed by atoms with van der Waals surface area (Å²) in [6, 6.07) is 7.12. The molecule has 1 atom stereocenters. The number of nitrogens with zero attached hydrogens (tertiary/aromatic N) is 1. The summed E-state index contributed by atoms with van der Waals surface area (Å²) in [4.78, 5) is 4.04. The maximum Gasteiger partial charge on any atom is 0.573 e. The first-order valence-corrected chi connectivity index (χ1v) is 6.83. The van der Waals surface area contributed by atoms with Gasteiger partial charge in [-0.05, 0) is 51.7 Å². The van der Waals surface area contributed by atoms with Crippen LogP contribution in [0, 0.1) is 0 Å². The Labute approximate surface area is 128 Å². The van der Waals surface area contributed by atoms with Crippen LogP contribution in [0.25, 0.3) is 0 Å². The third-order valence-corrected chi connectivity index (χ3v) is 3.19. The summed E-state index contributed by atoms with van der Waals surface area (Å²) in [5.41, 5.74) is 7.71. The number of aromatic nitrogens is 1. The van der Waals surface area contributed by atoms with Crippen LogP contribution in [0.1, 0.15) is 17.2 Å². The van der Waals surface area contributed by atoms with Gasteiger partial charge in [0.05, 0.1) is 0 Å². The van der Waals surface area contributed by atoms with Crippen molar-refractivity contribution in [2.24, 2.45) is 5.73 Å². The summed E-state index contributed by atoms with van der Waals surface area (Å²) in [5, 5.41) is 0. The summed E-state index contributed by atoms with van der Waals surface area (Å²) in [7, 11) is 0. The maximum absolute atomic E-state index is 12.1. The van der Waals surface area contributed by atoms with Crippen molar-refractivity contribution >= 4 is 15.9 Å². The minimum Gasteiger partial charge on any atom is -0.406 e. The third-order valence-electron chi connectivity index (χ3n) is 2.76. The summed E-state index contributed by atoms with van der Waals surface area (Å²) in [6.07, 6.45) is -0.790. The van der Waals surface area contributed by atoms with E-state index < -0.39 is 6.36 Å². The van der Waals surface area contributed by atoms with Gasteiger partial charge in [-0.3, -0.25) is 4.98 Å². The van der Waals surface area contributed by atoms with Gasteiger partial charge in [-0.25, -0.2) is 0 Å². The molecule has 2 N–H and O–H groups in total. The van der Waals surface area contributed by atoms with E-state index in [1.807, 2.05) is 6.07 Å². The van der Waals surface area contributed by atoms with Crippen LogP contribution in [-0.4, -0.2) is 11.3 Å². The summed E-state index contributed by atoms with van der Waals surface area (Å²) in [6.45, 7) is 0. The number of alkyl halides is 3. The minimum atomic E-state index is -4.69. The largest absolute Gasteiger partial charge is 0.573 e. The highest BCUT2D eigenvalue weighted by molar-refractivity contribution is 9.10. The number of rotatable bonds is 4. The Morgan fingerprint density at radius 3 is 2.43 bits per heavy atom. The standard InChI is InChI=1S/C14H12BrF3N2O/c15-11-5-9(7-20-8-11)6-13(19)10-1-3-12(4-2-10)21-14(16,17)18/h1-5,7-8,13H,6,19H2. The second-order valence-corrected chi connectivity index (χ2v) is 5.35. The fourth-order valence-corrected chi connectivity index (χ4v) is 2.27. The summed E-state index contributed by atoms with van der Waals surface area (Å²) in [5.74, 6) is -0.262.